The molecule has 3 heteroatoms. The largest absolute Gasteiger partial charge is 0.388 e. The minimum atomic E-state index is -0.695. The number of hydrogen-bond acceptors (Lipinski definition) is 2. The number of nitriles is 1. The van der Waals surface area contributed by atoms with E-state index < -0.39 is 6.10 Å². The average molecular weight is 380 g/mol. The van der Waals surface area contributed by atoms with Crippen LogP contribution in [-0.4, -0.2) is 9.51 Å². The van der Waals surface area contributed by atoms with E-state index in [1.165, 1.54) is 0 Å². The molecule has 0 radical (unpaired) electrons. The summed E-state index contributed by atoms with van der Waals surface area (Å²) < 4.78 is 2.10. The van der Waals surface area contributed by atoms with Gasteiger partial charge in [-0.15, -0.1) is 0 Å². The molecule has 4 aromatic rings. The highest BCUT2D eigenvalue weighted by atomic mass is 16.3. The Morgan fingerprint density at radius 1 is 0.897 bits per heavy atom. The second kappa shape index (κ2) is 7.24. The van der Waals surface area contributed by atoms with Crippen LogP contribution in [0, 0.1) is 16.7 Å². The van der Waals surface area contributed by atoms with Crippen molar-refractivity contribution in [1.29, 1.82) is 5.26 Å². The lowest BCUT2D eigenvalue weighted by Crippen LogP contribution is -2.18. The van der Waals surface area contributed by atoms with E-state index in [-0.39, 0.29) is 5.41 Å². The molecule has 0 amide bonds. The van der Waals surface area contributed by atoms with E-state index in [1.807, 2.05) is 75.5 Å². The second-order valence-corrected chi connectivity index (χ2v) is 8.42. The maximum atomic E-state index is 11.4. The van der Waals surface area contributed by atoms with E-state index in [0.717, 1.165) is 33.5 Å². The molecule has 2 heterocycles. The van der Waals surface area contributed by atoms with Crippen molar-refractivity contribution in [1.82, 2.24) is 4.40 Å². The van der Waals surface area contributed by atoms with Crippen molar-refractivity contribution >= 4 is 5.52 Å². The van der Waals surface area contributed by atoms with Gasteiger partial charge in [0, 0.05) is 17.3 Å². The lowest BCUT2D eigenvalue weighted by Gasteiger charge is -2.27. The van der Waals surface area contributed by atoms with Crippen molar-refractivity contribution in [2.75, 3.05) is 0 Å². The number of nitrogens with zero attached hydrogens (tertiary/aromatic N) is 2. The zero-order valence-corrected chi connectivity index (χ0v) is 16.9. The van der Waals surface area contributed by atoms with Gasteiger partial charge in [-0.3, -0.25) is 0 Å². The molecule has 144 valence electrons. The van der Waals surface area contributed by atoms with Gasteiger partial charge in [-0.05, 0) is 28.7 Å². The SMILES string of the molecule is CC(C)(C)C(O)c1c(-c2ccccc2)c(-c2ccccc2)n2ccc(C#N)cc12. The van der Waals surface area contributed by atoms with Gasteiger partial charge in [-0.25, -0.2) is 0 Å². The van der Waals surface area contributed by atoms with Gasteiger partial charge < -0.3 is 9.51 Å². The molecule has 1 atom stereocenters. The molecular formula is C26H24N2O. The number of aliphatic hydroxyl groups is 1. The van der Waals surface area contributed by atoms with Crippen molar-refractivity contribution in [3.05, 3.63) is 90.1 Å². The van der Waals surface area contributed by atoms with E-state index in [1.54, 1.807) is 0 Å². The number of aliphatic hydroxyl groups excluding tert-OH is 1. The summed E-state index contributed by atoms with van der Waals surface area (Å²) in [5, 5.41) is 20.9. The zero-order chi connectivity index (χ0) is 20.6. The molecule has 2 aromatic carbocycles. The first-order valence-electron chi connectivity index (χ1n) is 9.79. The molecule has 29 heavy (non-hydrogen) atoms. The number of rotatable bonds is 3. The molecule has 0 spiro atoms. The molecular weight excluding hydrogens is 356 g/mol. The normalized spacial score (nSPS) is 12.7. The maximum Gasteiger partial charge on any atom is 0.0992 e. The first-order valence-corrected chi connectivity index (χ1v) is 9.79. The van der Waals surface area contributed by atoms with E-state index >= 15 is 0 Å². The quantitative estimate of drug-likeness (QED) is 0.458. The van der Waals surface area contributed by atoms with Crippen molar-refractivity contribution in [2.45, 2.75) is 26.9 Å². The number of fused-ring (bicyclic) bond motifs is 1. The predicted molar refractivity (Wildman–Crippen MR) is 117 cm³/mol. The molecule has 1 unspecified atom stereocenters. The summed E-state index contributed by atoms with van der Waals surface area (Å²) in [7, 11) is 0. The maximum absolute atomic E-state index is 11.4. The summed E-state index contributed by atoms with van der Waals surface area (Å²) in [5.41, 5.74) is 6.09. The van der Waals surface area contributed by atoms with Crippen LogP contribution < -0.4 is 0 Å². The van der Waals surface area contributed by atoms with Crippen molar-refractivity contribution in [3.8, 4) is 28.5 Å². The molecule has 1 N–H and O–H groups in total. The minimum absolute atomic E-state index is 0.359. The van der Waals surface area contributed by atoms with E-state index in [9.17, 15) is 10.4 Å². The standard InChI is InChI=1S/C26H24N2O/c1-26(2,3)25(29)23-21-16-18(17-27)14-15-28(21)24(20-12-8-5-9-13-20)22(23)19-10-6-4-7-11-19/h4-16,25,29H,1-3H3. The highest BCUT2D eigenvalue weighted by molar-refractivity contribution is 5.91. The lowest BCUT2D eigenvalue weighted by molar-refractivity contribution is 0.0644. The summed E-state index contributed by atoms with van der Waals surface area (Å²) in [6.45, 7) is 6.10. The Hall–Kier alpha value is -3.35. The Bertz CT molecular complexity index is 1190. The van der Waals surface area contributed by atoms with Gasteiger partial charge in [0.25, 0.3) is 0 Å². The molecule has 0 bridgehead atoms. The van der Waals surface area contributed by atoms with Gasteiger partial charge in [0.15, 0.2) is 0 Å². The number of pyridine rings is 1. The third-order valence-corrected chi connectivity index (χ3v) is 5.31. The van der Waals surface area contributed by atoms with Crippen LogP contribution in [0.15, 0.2) is 79.0 Å². The zero-order valence-electron chi connectivity index (χ0n) is 16.9. The third kappa shape index (κ3) is 3.33. The van der Waals surface area contributed by atoms with Gasteiger partial charge in [0.05, 0.1) is 28.9 Å². The Balaban J connectivity index is 2.20. The lowest BCUT2D eigenvalue weighted by atomic mass is 9.82. The summed E-state index contributed by atoms with van der Waals surface area (Å²) in [4.78, 5) is 0. The fourth-order valence-corrected chi connectivity index (χ4v) is 3.83. The van der Waals surface area contributed by atoms with E-state index in [0.29, 0.717) is 5.56 Å². The van der Waals surface area contributed by atoms with E-state index in [2.05, 4.69) is 34.7 Å². The number of hydrogen-bond donors (Lipinski definition) is 1. The van der Waals surface area contributed by atoms with Crippen LogP contribution in [0.5, 0.6) is 0 Å². The fourth-order valence-electron chi connectivity index (χ4n) is 3.83. The van der Waals surface area contributed by atoms with Gasteiger partial charge in [-0.1, -0.05) is 81.4 Å². The highest BCUT2D eigenvalue weighted by Gasteiger charge is 2.32. The molecule has 0 aliphatic heterocycles. The van der Waals surface area contributed by atoms with Crippen molar-refractivity contribution in [2.24, 2.45) is 5.41 Å². The first-order chi connectivity index (χ1) is 13.9. The van der Waals surface area contributed by atoms with Crippen LogP contribution in [0.3, 0.4) is 0 Å². The fraction of sp³-hybridized carbons (Fsp3) is 0.192. The third-order valence-electron chi connectivity index (χ3n) is 5.31. The summed E-state index contributed by atoms with van der Waals surface area (Å²) in [6, 6.07) is 26.3. The van der Waals surface area contributed by atoms with Gasteiger partial charge in [0.1, 0.15) is 0 Å². The minimum Gasteiger partial charge on any atom is -0.388 e. The molecule has 4 rings (SSSR count). The predicted octanol–water partition coefficient (Wildman–Crippen LogP) is 6.22. The summed E-state index contributed by atoms with van der Waals surface area (Å²) >= 11 is 0. The molecule has 0 aliphatic carbocycles. The van der Waals surface area contributed by atoms with Gasteiger partial charge in [0.2, 0.25) is 0 Å². The molecule has 2 aromatic heterocycles. The molecule has 0 aliphatic rings. The van der Waals surface area contributed by atoms with Crippen LogP contribution >= 0.6 is 0 Å². The van der Waals surface area contributed by atoms with Crippen LogP contribution in [0.1, 0.15) is 38.0 Å². The number of benzene rings is 2. The van der Waals surface area contributed by atoms with Crippen molar-refractivity contribution < 1.29 is 5.11 Å². The van der Waals surface area contributed by atoms with Crippen molar-refractivity contribution in [3.63, 3.8) is 0 Å². The van der Waals surface area contributed by atoms with Gasteiger partial charge >= 0.3 is 0 Å². The molecule has 3 nitrogen and oxygen atoms in total. The topological polar surface area (TPSA) is 48.4 Å². The molecule has 0 saturated heterocycles. The first kappa shape index (κ1) is 19.0. The Morgan fingerprint density at radius 2 is 1.48 bits per heavy atom. The Morgan fingerprint density at radius 3 is 2.03 bits per heavy atom. The highest BCUT2D eigenvalue weighted by Crippen LogP contribution is 2.46. The summed E-state index contributed by atoms with van der Waals surface area (Å²) in [5.74, 6) is 0. The van der Waals surface area contributed by atoms with Crippen LogP contribution in [-0.2, 0) is 0 Å². The van der Waals surface area contributed by atoms with Crippen LogP contribution in [0.2, 0.25) is 0 Å². The average Bonchev–Trinajstić information content (AvgIpc) is 3.07. The summed E-state index contributed by atoms with van der Waals surface area (Å²) in [6.07, 6.45) is 1.24. The monoisotopic (exact) mass is 380 g/mol. The Labute approximate surface area is 171 Å². The van der Waals surface area contributed by atoms with Gasteiger partial charge in [-0.2, -0.15) is 5.26 Å². The van der Waals surface area contributed by atoms with Crippen LogP contribution in [0.4, 0.5) is 0 Å². The number of aromatic nitrogens is 1. The molecule has 0 saturated carbocycles. The van der Waals surface area contributed by atoms with E-state index in [4.69, 9.17) is 0 Å². The smallest absolute Gasteiger partial charge is 0.0992 e. The van der Waals surface area contributed by atoms with Crippen LogP contribution in [0.25, 0.3) is 27.9 Å². The molecule has 0 fully saturated rings. The second-order valence-electron chi connectivity index (χ2n) is 8.42. The Kier molecular flexibility index (Phi) is 4.74.